The van der Waals surface area contributed by atoms with E-state index in [4.69, 9.17) is 6.57 Å². The Labute approximate surface area is 163 Å². The van der Waals surface area contributed by atoms with Crippen molar-refractivity contribution in [3.8, 4) is 0 Å². The Kier molecular flexibility index (Phi) is 4.25. The Bertz CT molecular complexity index is 1070. The number of fused-ring (bicyclic) bond motifs is 2. The standard InChI is InChI=1S/C24H21NOS/c1-24(2,3)16-9-12-18(13-10-16)27-21-8-6-5-7-19(21)23(26)20-14-11-17(25-4)15-22(20)27/h5-15,19H,1-3H3. The van der Waals surface area contributed by atoms with E-state index in [1.165, 1.54) is 10.5 Å². The molecule has 0 saturated carbocycles. The fourth-order valence-corrected chi connectivity index (χ4v) is 6.01. The zero-order chi connectivity index (χ0) is 19.2. The van der Waals surface area contributed by atoms with Crippen LogP contribution in [0.15, 0.2) is 76.6 Å². The molecule has 1 aliphatic carbocycles. The highest BCUT2D eigenvalue weighted by molar-refractivity contribution is 8.16. The van der Waals surface area contributed by atoms with Gasteiger partial charge in [-0.25, -0.2) is 4.85 Å². The lowest BCUT2D eigenvalue weighted by molar-refractivity contribution is 0.0969. The first kappa shape index (κ1) is 17.7. The van der Waals surface area contributed by atoms with Crippen LogP contribution in [-0.4, -0.2) is 10.6 Å². The predicted molar refractivity (Wildman–Crippen MR) is 113 cm³/mol. The van der Waals surface area contributed by atoms with Gasteiger partial charge in [-0.1, -0.05) is 69.3 Å². The van der Waals surface area contributed by atoms with E-state index in [0.717, 1.165) is 15.3 Å². The molecule has 2 aromatic rings. The first-order valence-corrected chi connectivity index (χ1v) is 10.2. The fourth-order valence-electron chi connectivity index (χ4n) is 3.54. The first-order valence-electron chi connectivity index (χ1n) is 9.02. The lowest BCUT2D eigenvalue weighted by Gasteiger charge is -2.29. The molecule has 2 atom stereocenters. The highest BCUT2D eigenvalue weighted by Crippen LogP contribution is 2.47. The van der Waals surface area contributed by atoms with Crippen LogP contribution in [-0.2, 0) is 5.41 Å². The molecule has 0 N–H and O–H groups in total. The number of benzene rings is 2. The maximum Gasteiger partial charge on any atom is 0.188 e. The van der Waals surface area contributed by atoms with Crippen LogP contribution in [0.25, 0.3) is 4.85 Å². The van der Waals surface area contributed by atoms with Gasteiger partial charge < -0.3 is 0 Å². The second-order valence-electron chi connectivity index (χ2n) is 7.86. The second kappa shape index (κ2) is 6.48. The van der Waals surface area contributed by atoms with Gasteiger partial charge >= 0.3 is 0 Å². The van der Waals surface area contributed by atoms with Gasteiger partial charge in [0.05, 0.1) is 12.5 Å². The number of carbonyl (C=O) groups is 1. The van der Waals surface area contributed by atoms with Crippen LogP contribution in [0.4, 0.5) is 5.69 Å². The maximum absolute atomic E-state index is 13.0. The Morgan fingerprint density at radius 3 is 2.44 bits per heavy atom. The van der Waals surface area contributed by atoms with Crippen molar-refractivity contribution < 1.29 is 4.79 Å². The van der Waals surface area contributed by atoms with Crippen LogP contribution in [0.2, 0.25) is 0 Å². The summed E-state index contributed by atoms with van der Waals surface area (Å²) in [4.78, 5) is 19.9. The van der Waals surface area contributed by atoms with E-state index in [-0.39, 0.29) is 27.6 Å². The maximum atomic E-state index is 13.0. The van der Waals surface area contributed by atoms with Gasteiger partial charge in [0.25, 0.3) is 0 Å². The molecule has 2 unspecified atom stereocenters. The van der Waals surface area contributed by atoms with Crippen LogP contribution in [0.5, 0.6) is 0 Å². The predicted octanol–water partition coefficient (Wildman–Crippen LogP) is 6.33. The number of ketones is 1. The number of hydrogen-bond acceptors (Lipinski definition) is 1. The Hall–Kier alpha value is -2.70. The van der Waals surface area contributed by atoms with Crippen LogP contribution >= 0.6 is 10.5 Å². The van der Waals surface area contributed by atoms with Crippen molar-refractivity contribution in [2.45, 2.75) is 36.0 Å². The molecule has 4 rings (SSSR count). The van der Waals surface area contributed by atoms with Gasteiger partial charge in [0.2, 0.25) is 0 Å². The second-order valence-corrected chi connectivity index (χ2v) is 9.86. The quantitative estimate of drug-likeness (QED) is 0.424. The normalized spacial score (nSPS) is 20.8. The Morgan fingerprint density at radius 2 is 1.78 bits per heavy atom. The summed E-state index contributed by atoms with van der Waals surface area (Å²) in [5.41, 5.74) is 2.72. The van der Waals surface area contributed by atoms with E-state index >= 15 is 0 Å². The van der Waals surface area contributed by atoms with Gasteiger partial charge in [-0.2, -0.15) is 0 Å². The lowest BCUT2D eigenvalue weighted by Crippen LogP contribution is -2.27. The van der Waals surface area contributed by atoms with Gasteiger partial charge in [-0.05, 0) is 34.0 Å². The van der Waals surface area contributed by atoms with E-state index in [0.29, 0.717) is 5.69 Å². The van der Waals surface area contributed by atoms with Crippen LogP contribution in [0.3, 0.4) is 0 Å². The minimum absolute atomic E-state index is 0.0997. The summed E-state index contributed by atoms with van der Waals surface area (Å²) in [5, 5.41) is 0. The molecule has 0 spiro atoms. The monoisotopic (exact) mass is 371 g/mol. The van der Waals surface area contributed by atoms with Crippen molar-refractivity contribution in [1.82, 2.24) is 0 Å². The zero-order valence-electron chi connectivity index (χ0n) is 15.7. The molecule has 2 aromatic carbocycles. The largest absolute Gasteiger partial charge is 0.293 e. The zero-order valence-corrected chi connectivity index (χ0v) is 16.5. The minimum atomic E-state index is -0.353. The molecule has 0 radical (unpaired) electrons. The van der Waals surface area contributed by atoms with Gasteiger partial charge in [-0.3, -0.25) is 4.79 Å². The van der Waals surface area contributed by atoms with E-state index in [1.54, 1.807) is 6.07 Å². The molecular weight excluding hydrogens is 350 g/mol. The number of allylic oxidation sites excluding steroid dienone is 4. The molecule has 0 aromatic heterocycles. The topological polar surface area (TPSA) is 21.4 Å². The third-order valence-electron chi connectivity index (χ3n) is 5.04. The van der Waals surface area contributed by atoms with Crippen molar-refractivity contribution in [2.75, 3.05) is 0 Å². The molecule has 134 valence electrons. The van der Waals surface area contributed by atoms with Gasteiger partial charge in [0, 0.05) is 15.4 Å². The molecule has 0 saturated heterocycles. The Morgan fingerprint density at radius 1 is 1.04 bits per heavy atom. The van der Waals surface area contributed by atoms with Gasteiger partial charge in [0.15, 0.2) is 11.5 Å². The fraction of sp³-hybridized carbons (Fsp3) is 0.208. The van der Waals surface area contributed by atoms with Crippen molar-refractivity contribution >= 4 is 26.8 Å². The molecule has 3 heteroatoms. The molecule has 1 aliphatic heterocycles. The average Bonchev–Trinajstić information content (AvgIpc) is 2.67. The molecular formula is C24H21NOS. The SMILES string of the molecule is [C-]#[N+]c1ccc2c(c1)S(c1ccc(C(C)(C)C)cc1)=C1C=CC=CC1C2=O. The Balaban J connectivity index is 1.96. The molecule has 0 bridgehead atoms. The van der Waals surface area contributed by atoms with Crippen LogP contribution in [0, 0.1) is 12.5 Å². The number of hydrogen-bond donors (Lipinski definition) is 0. The summed E-state index contributed by atoms with van der Waals surface area (Å²) in [5.74, 6) is -0.0703. The first-order chi connectivity index (χ1) is 12.9. The summed E-state index contributed by atoms with van der Waals surface area (Å²) in [6.07, 6.45) is 8.03. The average molecular weight is 372 g/mol. The van der Waals surface area contributed by atoms with Gasteiger partial charge in [0.1, 0.15) is 0 Å². The highest BCUT2D eigenvalue weighted by Gasteiger charge is 2.32. The van der Waals surface area contributed by atoms with Crippen molar-refractivity contribution in [3.63, 3.8) is 0 Å². The van der Waals surface area contributed by atoms with Crippen molar-refractivity contribution in [3.05, 3.63) is 89.3 Å². The van der Waals surface area contributed by atoms with E-state index in [2.05, 4.69) is 56.0 Å². The minimum Gasteiger partial charge on any atom is -0.293 e. The molecule has 1 heterocycles. The molecule has 2 nitrogen and oxygen atoms in total. The van der Waals surface area contributed by atoms with Crippen LogP contribution < -0.4 is 0 Å². The smallest absolute Gasteiger partial charge is 0.188 e. The third-order valence-corrected chi connectivity index (χ3v) is 7.42. The molecule has 0 amide bonds. The summed E-state index contributed by atoms with van der Waals surface area (Å²) >= 11 is 0. The molecule has 27 heavy (non-hydrogen) atoms. The summed E-state index contributed by atoms with van der Waals surface area (Å²) < 4.78 is 0. The van der Waals surface area contributed by atoms with Crippen LogP contribution in [0.1, 0.15) is 36.7 Å². The number of carbonyl (C=O) groups excluding carboxylic acids is 1. The van der Waals surface area contributed by atoms with E-state index in [1.807, 2.05) is 30.4 Å². The highest BCUT2D eigenvalue weighted by atomic mass is 32.2. The summed E-state index contributed by atoms with van der Waals surface area (Å²) in [7, 11) is -0.353. The number of rotatable bonds is 1. The lowest BCUT2D eigenvalue weighted by atomic mass is 9.87. The van der Waals surface area contributed by atoms with Crippen molar-refractivity contribution in [1.29, 1.82) is 0 Å². The summed E-state index contributed by atoms with van der Waals surface area (Å²) in [6.45, 7) is 14.0. The molecule has 2 aliphatic rings. The van der Waals surface area contributed by atoms with E-state index < -0.39 is 0 Å². The number of Topliss-reactive ketones (excluding diaryl/α,β-unsaturated/α-hetero) is 1. The van der Waals surface area contributed by atoms with Gasteiger partial charge in [-0.15, -0.1) is 10.5 Å². The summed E-state index contributed by atoms with van der Waals surface area (Å²) in [6, 6.07) is 14.2. The van der Waals surface area contributed by atoms with E-state index in [9.17, 15) is 4.79 Å². The molecule has 0 fully saturated rings. The number of nitrogens with zero attached hydrogens (tertiary/aromatic N) is 1. The van der Waals surface area contributed by atoms with Crippen molar-refractivity contribution in [2.24, 2.45) is 5.92 Å². The third kappa shape index (κ3) is 3.01.